The van der Waals surface area contributed by atoms with Crippen molar-refractivity contribution in [2.75, 3.05) is 27.3 Å². The lowest BCUT2D eigenvalue weighted by atomic mass is 9.95. The van der Waals surface area contributed by atoms with Crippen molar-refractivity contribution in [2.45, 2.75) is 32.2 Å². The van der Waals surface area contributed by atoms with Crippen molar-refractivity contribution in [1.82, 2.24) is 20.0 Å². The number of methoxy groups -OCH3 is 2. The molecule has 0 spiro atoms. The molecule has 0 radical (unpaired) electrons. The quantitative estimate of drug-likeness (QED) is 0.629. The summed E-state index contributed by atoms with van der Waals surface area (Å²) in [5.41, 5.74) is 3.19. The van der Waals surface area contributed by atoms with E-state index in [1.54, 1.807) is 20.4 Å². The van der Waals surface area contributed by atoms with Crippen LogP contribution >= 0.6 is 0 Å². The molecule has 0 amide bonds. The number of likely N-dealkylation sites (tertiary alicyclic amines) is 1. The summed E-state index contributed by atoms with van der Waals surface area (Å²) in [5.74, 6) is 3.14. The van der Waals surface area contributed by atoms with Crippen LogP contribution in [0.3, 0.4) is 0 Å². The summed E-state index contributed by atoms with van der Waals surface area (Å²) in [7, 11) is 3.34. The van der Waals surface area contributed by atoms with Crippen LogP contribution in [0, 0.1) is 6.92 Å². The van der Waals surface area contributed by atoms with Crippen LogP contribution in [0.2, 0.25) is 0 Å². The molecular weight excluding hydrogens is 368 g/mol. The van der Waals surface area contributed by atoms with Gasteiger partial charge >= 0.3 is 0 Å². The summed E-state index contributed by atoms with van der Waals surface area (Å²) >= 11 is 0. The lowest BCUT2D eigenvalue weighted by Crippen LogP contribution is -2.33. The van der Waals surface area contributed by atoms with Crippen molar-refractivity contribution < 1.29 is 14.0 Å². The highest BCUT2D eigenvalue weighted by molar-refractivity contribution is 5.47. The van der Waals surface area contributed by atoms with E-state index in [4.69, 9.17) is 14.0 Å². The number of rotatable bonds is 6. The Morgan fingerprint density at radius 2 is 1.86 bits per heavy atom. The number of pyridine rings is 1. The van der Waals surface area contributed by atoms with Crippen LogP contribution in [0.4, 0.5) is 0 Å². The molecule has 0 N–H and O–H groups in total. The first-order chi connectivity index (χ1) is 14.2. The summed E-state index contributed by atoms with van der Waals surface area (Å²) < 4.78 is 16.3. The number of aryl methyl sites for hydroxylation is 1. The Balaban J connectivity index is 1.38. The number of piperidine rings is 1. The van der Waals surface area contributed by atoms with Gasteiger partial charge in [-0.2, -0.15) is 4.98 Å². The van der Waals surface area contributed by atoms with E-state index >= 15 is 0 Å². The van der Waals surface area contributed by atoms with Crippen LogP contribution in [0.25, 0.3) is 11.6 Å². The maximum atomic E-state index is 5.46. The van der Waals surface area contributed by atoms with Gasteiger partial charge in [0.2, 0.25) is 0 Å². The first-order valence-corrected chi connectivity index (χ1v) is 9.86. The van der Waals surface area contributed by atoms with Gasteiger partial charge in [0.1, 0.15) is 5.69 Å². The van der Waals surface area contributed by atoms with E-state index in [9.17, 15) is 0 Å². The third-order valence-corrected chi connectivity index (χ3v) is 5.51. The number of benzene rings is 1. The Morgan fingerprint density at radius 3 is 2.55 bits per heavy atom. The highest BCUT2D eigenvalue weighted by Gasteiger charge is 2.25. The van der Waals surface area contributed by atoms with Crippen LogP contribution in [-0.4, -0.2) is 47.3 Å². The Labute approximate surface area is 170 Å². The Hall–Kier alpha value is -2.93. The van der Waals surface area contributed by atoms with E-state index in [1.807, 2.05) is 24.3 Å². The zero-order valence-electron chi connectivity index (χ0n) is 17.1. The maximum absolute atomic E-state index is 5.46. The fourth-order valence-electron chi connectivity index (χ4n) is 3.78. The Kier molecular flexibility index (Phi) is 5.76. The van der Waals surface area contributed by atoms with E-state index in [2.05, 4.69) is 33.0 Å². The zero-order chi connectivity index (χ0) is 20.2. The highest BCUT2D eigenvalue weighted by atomic mass is 16.5. The molecule has 3 aromatic rings. The van der Waals surface area contributed by atoms with E-state index in [0.29, 0.717) is 17.5 Å². The molecule has 1 saturated heterocycles. The van der Waals surface area contributed by atoms with Gasteiger partial charge in [-0.1, -0.05) is 11.2 Å². The summed E-state index contributed by atoms with van der Waals surface area (Å²) in [6.45, 7) is 4.99. The summed E-state index contributed by atoms with van der Waals surface area (Å²) in [6.07, 6.45) is 3.74. The average molecular weight is 394 g/mol. The topological polar surface area (TPSA) is 73.5 Å². The second-order valence-corrected chi connectivity index (χ2v) is 7.36. The summed E-state index contributed by atoms with van der Waals surface area (Å²) in [4.78, 5) is 11.3. The van der Waals surface area contributed by atoms with Crippen molar-refractivity contribution in [2.24, 2.45) is 0 Å². The largest absolute Gasteiger partial charge is 0.493 e. The SMILES string of the molecule is COc1cc(C)c(CN2CCC(c3noc(-c4ccccn4)n3)CC2)cc1OC. The molecule has 0 aliphatic carbocycles. The van der Waals surface area contributed by atoms with Crippen LogP contribution in [-0.2, 0) is 6.54 Å². The van der Waals surface area contributed by atoms with Crippen molar-refractivity contribution in [3.8, 4) is 23.1 Å². The van der Waals surface area contributed by atoms with Gasteiger partial charge in [0.15, 0.2) is 17.3 Å². The van der Waals surface area contributed by atoms with Crippen molar-refractivity contribution in [3.63, 3.8) is 0 Å². The number of aromatic nitrogens is 3. The van der Waals surface area contributed by atoms with Crippen molar-refractivity contribution >= 4 is 0 Å². The first-order valence-electron chi connectivity index (χ1n) is 9.86. The van der Waals surface area contributed by atoms with E-state index in [1.165, 1.54) is 11.1 Å². The minimum Gasteiger partial charge on any atom is -0.493 e. The van der Waals surface area contributed by atoms with E-state index < -0.39 is 0 Å². The molecule has 3 heterocycles. The van der Waals surface area contributed by atoms with Gasteiger partial charge in [0.05, 0.1) is 14.2 Å². The third-order valence-electron chi connectivity index (χ3n) is 5.51. The average Bonchev–Trinajstić information content (AvgIpc) is 3.26. The van der Waals surface area contributed by atoms with Crippen LogP contribution in [0.5, 0.6) is 11.5 Å². The Bertz CT molecular complexity index is 950. The van der Waals surface area contributed by atoms with Crippen LogP contribution in [0.15, 0.2) is 41.1 Å². The molecule has 1 aliphatic heterocycles. The van der Waals surface area contributed by atoms with E-state index in [-0.39, 0.29) is 0 Å². The monoisotopic (exact) mass is 394 g/mol. The van der Waals surface area contributed by atoms with Crippen LogP contribution < -0.4 is 9.47 Å². The van der Waals surface area contributed by atoms with Gasteiger partial charge in [-0.25, -0.2) is 0 Å². The molecule has 0 atom stereocenters. The van der Waals surface area contributed by atoms with Crippen molar-refractivity contribution in [3.05, 3.63) is 53.5 Å². The predicted molar refractivity (Wildman–Crippen MR) is 109 cm³/mol. The molecule has 4 rings (SSSR count). The van der Waals surface area contributed by atoms with Crippen LogP contribution in [0.1, 0.15) is 35.7 Å². The molecule has 1 fully saturated rings. The lowest BCUT2D eigenvalue weighted by Gasteiger charge is -2.31. The van der Waals surface area contributed by atoms with Gasteiger partial charge in [-0.3, -0.25) is 9.88 Å². The molecule has 0 saturated carbocycles. The summed E-state index contributed by atoms with van der Waals surface area (Å²) in [5, 5.41) is 4.21. The summed E-state index contributed by atoms with van der Waals surface area (Å²) in [6, 6.07) is 9.79. The zero-order valence-corrected chi connectivity index (χ0v) is 17.1. The number of hydrogen-bond donors (Lipinski definition) is 0. The lowest BCUT2D eigenvalue weighted by molar-refractivity contribution is 0.199. The van der Waals surface area contributed by atoms with Gasteiger partial charge in [-0.05, 0) is 68.2 Å². The Morgan fingerprint density at radius 1 is 1.10 bits per heavy atom. The number of ether oxygens (including phenoxy) is 2. The number of hydrogen-bond acceptors (Lipinski definition) is 7. The fraction of sp³-hybridized carbons (Fsp3) is 0.409. The number of nitrogens with zero attached hydrogens (tertiary/aromatic N) is 4. The molecule has 152 valence electrons. The van der Waals surface area contributed by atoms with Crippen molar-refractivity contribution in [1.29, 1.82) is 0 Å². The first kappa shape index (κ1) is 19.4. The normalized spacial score (nSPS) is 15.4. The van der Waals surface area contributed by atoms with Gasteiger partial charge < -0.3 is 14.0 Å². The fourth-order valence-corrected chi connectivity index (χ4v) is 3.78. The van der Waals surface area contributed by atoms with Gasteiger partial charge in [0.25, 0.3) is 5.89 Å². The second-order valence-electron chi connectivity index (χ2n) is 7.36. The molecule has 0 bridgehead atoms. The molecule has 1 aromatic carbocycles. The standard InChI is InChI=1S/C22H26N4O3/c1-15-12-19(27-2)20(28-3)13-17(15)14-26-10-7-16(8-11-26)21-24-22(29-25-21)18-6-4-5-9-23-18/h4-6,9,12-13,16H,7-8,10-11,14H2,1-3H3. The molecule has 7 heteroatoms. The van der Waals surface area contributed by atoms with E-state index in [0.717, 1.165) is 49.8 Å². The van der Waals surface area contributed by atoms with Gasteiger partial charge in [-0.15, -0.1) is 0 Å². The maximum Gasteiger partial charge on any atom is 0.276 e. The molecule has 1 aliphatic rings. The molecule has 2 aromatic heterocycles. The minimum atomic E-state index is 0.318. The predicted octanol–water partition coefficient (Wildman–Crippen LogP) is 3.84. The molecular formula is C22H26N4O3. The second kappa shape index (κ2) is 8.61. The van der Waals surface area contributed by atoms with Gasteiger partial charge in [0, 0.05) is 18.7 Å². The molecule has 29 heavy (non-hydrogen) atoms. The highest BCUT2D eigenvalue weighted by Crippen LogP contribution is 2.32. The molecule has 0 unspecified atom stereocenters. The molecule has 7 nitrogen and oxygen atoms in total. The smallest absolute Gasteiger partial charge is 0.276 e. The minimum absolute atomic E-state index is 0.318. The third kappa shape index (κ3) is 4.24.